The maximum absolute atomic E-state index is 10.6. The summed E-state index contributed by atoms with van der Waals surface area (Å²) in [5.74, 6) is -0.289. The fraction of sp³-hybridized carbons (Fsp3) is 0.500. The highest BCUT2D eigenvalue weighted by molar-refractivity contribution is 5.72. The van der Waals surface area contributed by atoms with Crippen molar-refractivity contribution in [1.29, 1.82) is 0 Å². The topological polar surface area (TPSA) is 87.1 Å². The Morgan fingerprint density at radius 2 is 2.12 bits per heavy atom. The van der Waals surface area contributed by atoms with Crippen molar-refractivity contribution in [1.82, 2.24) is 15.3 Å². The van der Waals surface area contributed by atoms with Crippen LogP contribution in [0.3, 0.4) is 0 Å². The first-order valence-electron chi connectivity index (χ1n) is 5.14. The van der Waals surface area contributed by atoms with E-state index in [2.05, 4.69) is 20.6 Å². The number of anilines is 1. The average Bonchev–Trinajstić information content (AvgIpc) is 2.28. The van der Waals surface area contributed by atoms with E-state index < -0.39 is 12.0 Å². The number of carboxylic acids is 1. The fourth-order valence-electron chi connectivity index (χ4n) is 1.05. The highest BCUT2D eigenvalue weighted by atomic mass is 16.4. The molecule has 0 fully saturated rings. The number of carboxylic acid groups (broad SMARTS) is 1. The number of carbonyl (C=O) groups is 1. The zero-order valence-corrected chi connectivity index (χ0v) is 9.40. The van der Waals surface area contributed by atoms with Crippen LogP contribution in [-0.4, -0.2) is 33.6 Å². The van der Waals surface area contributed by atoms with E-state index in [1.807, 2.05) is 6.92 Å². The van der Waals surface area contributed by atoms with E-state index in [-0.39, 0.29) is 0 Å². The normalized spacial score (nSPS) is 12.1. The van der Waals surface area contributed by atoms with Gasteiger partial charge in [-0.05, 0) is 13.8 Å². The Hall–Kier alpha value is -1.69. The highest BCUT2D eigenvalue weighted by Crippen LogP contribution is 2.00. The maximum atomic E-state index is 10.6. The van der Waals surface area contributed by atoms with E-state index >= 15 is 0 Å². The molecule has 0 saturated heterocycles. The Kier molecular flexibility index (Phi) is 4.65. The van der Waals surface area contributed by atoms with E-state index in [1.54, 1.807) is 19.3 Å². The summed E-state index contributed by atoms with van der Waals surface area (Å²) in [5, 5.41) is 14.5. The summed E-state index contributed by atoms with van der Waals surface area (Å²) in [6.07, 6.45) is 3.35. The van der Waals surface area contributed by atoms with Gasteiger partial charge < -0.3 is 15.7 Å². The van der Waals surface area contributed by atoms with Crippen molar-refractivity contribution in [3.8, 4) is 0 Å². The van der Waals surface area contributed by atoms with Crippen molar-refractivity contribution in [3.05, 3.63) is 18.0 Å². The first-order valence-corrected chi connectivity index (χ1v) is 5.14. The van der Waals surface area contributed by atoms with Gasteiger partial charge in [-0.25, -0.2) is 9.97 Å². The minimum Gasteiger partial charge on any atom is -0.480 e. The largest absolute Gasteiger partial charge is 0.480 e. The molecule has 0 aliphatic carbocycles. The molecule has 6 heteroatoms. The summed E-state index contributed by atoms with van der Waals surface area (Å²) in [4.78, 5) is 18.7. The summed E-state index contributed by atoms with van der Waals surface area (Å²) in [6.45, 7) is 4.77. The molecule has 1 heterocycles. The molecule has 0 radical (unpaired) electrons. The Bertz CT molecular complexity index is 339. The summed E-state index contributed by atoms with van der Waals surface area (Å²) in [6, 6.07) is -0.576. The lowest BCUT2D eigenvalue weighted by atomic mass is 10.3. The van der Waals surface area contributed by atoms with Crippen molar-refractivity contribution in [2.75, 3.05) is 11.9 Å². The fourth-order valence-corrected chi connectivity index (χ4v) is 1.05. The van der Waals surface area contributed by atoms with Crippen LogP contribution in [0.2, 0.25) is 0 Å². The molecular weight excluding hydrogens is 208 g/mol. The van der Waals surface area contributed by atoms with Crippen LogP contribution >= 0.6 is 0 Å². The van der Waals surface area contributed by atoms with Crippen molar-refractivity contribution >= 4 is 11.9 Å². The van der Waals surface area contributed by atoms with Gasteiger partial charge in [0.2, 0.25) is 5.95 Å². The van der Waals surface area contributed by atoms with E-state index in [0.717, 1.165) is 12.1 Å². The number of aromatic nitrogens is 2. The highest BCUT2D eigenvalue weighted by Gasteiger charge is 2.09. The van der Waals surface area contributed by atoms with Crippen molar-refractivity contribution in [2.45, 2.75) is 26.4 Å². The summed E-state index contributed by atoms with van der Waals surface area (Å²) in [5.41, 5.74) is 0.856. The molecule has 0 bridgehead atoms. The van der Waals surface area contributed by atoms with Crippen molar-refractivity contribution in [2.24, 2.45) is 0 Å². The number of aliphatic carboxylic acids is 1. The molecule has 1 aromatic rings. The summed E-state index contributed by atoms with van der Waals surface area (Å²) >= 11 is 0. The maximum Gasteiger partial charge on any atom is 0.320 e. The van der Waals surface area contributed by atoms with Gasteiger partial charge in [0.05, 0.1) is 0 Å². The first-order chi connectivity index (χ1) is 7.63. The molecule has 3 N–H and O–H groups in total. The summed E-state index contributed by atoms with van der Waals surface area (Å²) in [7, 11) is 0. The van der Waals surface area contributed by atoms with Crippen LogP contribution < -0.4 is 10.6 Å². The van der Waals surface area contributed by atoms with Gasteiger partial charge in [0.25, 0.3) is 0 Å². The second-order valence-corrected chi connectivity index (χ2v) is 3.39. The Labute approximate surface area is 94.1 Å². The van der Waals surface area contributed by atoms with Crippen LogP contribution in [0.4, 0.5) is 5.95 Å². The predicted molar refractivity (Wildman–Crippen MR) is 60.1 cm³/mol. The molecule has 0 amide bonds. The zero-order chi connectivity index (χ0) is 12.0. The van der Waals surface area contributed by atoms with Gasteiger partial charge in [-0.2, -0.15) is 0 Å². The van der Waals surface area contributed by atoms with Crippen LogP contribution in [0.25, 0.3) is 0 Å². The second kappa shape index (κ2) is 6.02. The number of nitrogens with one attached hydrogen (secondary N) is 2. The Balaban J connectivity index is 2.46. The first kappa shape index (κ1) is 12.4. The van der Waals surface area contributed by atoms with Gasteiger partial charge >= 0.3 is 5.97 Å². The lowest BCUT2D eigenvalue weighted by Gasteiger charge is -2.08. The molecule has 16 heavy (non-hydrogen) atoms. The van der Waals surface area contributed by atoms with Crippen LogP contribution in [0.1, 0.15) is 19.4 Å². The molecule has 1 aromatic heterocycles. The van der Waals surface area contributed by atoms with Crippen LogP contribution in [0.15, 0.2) is 12.4 Å². The quantitative estimate of drug-likeness (QED) is 0.651. The third-order valence-corrected chi connectivity index (χ3v) is 2.02. The minimum absolute atomic E-state index is 0.444. The average molecular weight is 224 g/mol. The van der Waals surface area contributed by atoms with E-state index in [4.69, 9.17) is 5.11 Å². The SMILES string of the molecule is CCNc1ncc(CN[C@H](C)C(=O)O)cn1. The van der Waals surface area contributed by atoms with Gasteiger partial charge in [-0.15, -0.1) is 0 Å². The van der Waals surface area contributed by atoms with Gasteiger partial charge in [-0.1, -0.05) is 0 Å². The number of hydrogen-bond donors (Lipinski definition) is 3. The van der Waals surface area contributed by atoms with Crippen LogP contribution in [0.5, 0.6) is 0 Å². The predicted octanol–water partition coefficient (Wildman–Crippen LogP) is 0.471. The molecule has 0 spiro atoms. The Morgan fingerprint density at radius 3 is 2.62 bits per heavy atom. The smallest absolute Gasteiger partial charge is 0.320 e. The molecule has 1 atom stereocenters. The standard InChI is InChI=1S/C10H16N4O2/c1-3-11-10-13-5-8(6-14-10)4-12-7(2)9(15)16/h5-7,12H,3-4H2,1-2H3,(H,15,16)(H,11,13,14)/t7-/m1/s1. The minimum atomic E-state index is -0.870. The number of hydrogen-bond acceptors (Lipinski definition) is 5. The van der Waals surface area contributed by atoms with E-state index in [0.29, 0.717) is 12.5 Å². The van der Waals surface area contributed by atoms with Gasteiger partial charge in [-0.3, -0.25) is 4.79 Å². The zero-order valence-electron chi connectivity index (χ0n) is 9.40. The molecular formula is C10H16N4O2. The Morgan fingerprint density at radius 1 is 1.50 bits per heavy atom. The molecule has 88 valence electrons. The lowest BCUT2D eigenvalue weighted by Crippen LogP contribution is -2.33. The third-order valence-electron chi connectivity index (χ3n) is 2.02. The van der Waals surface area contributed by atoms with Crippen LogP contribution in [0, 0.1) is 0 Å². The second-order valence-electron chi connectivity index (χ2n) is 3.39. The van der Waals surface area contributed by atoms with Gasteiger partial charge in [0, 0.05) is 31.0 Å². The number of nitrogens with zero attached hydrogens (tertiary/aromatic N) is 2. The van der Waals surface area contributed by atoms with Crippen molar-refractivity contribution < 1.29 is 9.90 Å². The number of rotatable bonds is 6. The molecule has 0 aliphatic rings. The monoisotopic (exact) mass is 224 g/mol. The van der Waals surface area contributed by atoms with Crippen molar-refractivity contribution in [3.63, 3.8) is 0 Å². The molecule has 0 unspecified atom stereocenters. The summed E-state index contributed by atoms with van der Waals surface area (Å²) < 4.78 is 0. The molecule has 1 rings (SSSR count). The third kappa shape index (κ3) is 3.82. The molecule has 0 aromatic carbocycles. The van der Waals surface area contributed by atoms with E-state index in [1.165, 1.54) is 0 Å². The van der Waals surface area contributed by atoms with Gasteiger partial charge in [0.15, 0.2) is 0 Å². The molecule has 6 nitrogen and oxygen atoms in total. The van der Waals surface area contributed by atoms with Crippen LogP contribution in [-0.2, 0) is 11.3 Å². The molecule has 0 saturated carbocycles. The van der Waals surface area contributed by atoms with Gasteiger partial charge in [0.1, 0.15) is 6.04 Å². The molecule has 0 aliphatic heterocycles. The lowest BCUT2D eigenvalue weighted by molar-refractivity contribution is -0.139. The van der Waals surface area contributed by atoms with E-state index in [9.17, 15) is 4.79 Å².